The van der Waals surface area contributed by atoms with E-state index in [1.165, 1.54) is 12.1 Å². The molecule has 7 heteroatoms. The highest BCUT2D eigenvalue weighted by Crippen LogP contribution is 2.31. The summed E-state index contributed by atoms with van der Waals surface area (Å²) in [6, 6.07) is 6.49. The Hall–Kier alpha value is -2.08. The van der Waals surface area contributed by atoms with Crippen molar-refractivity contribution in [3.63, 3.8) is 0 Å². The molecule has 28 heavy (non-hydrogen) atoms. The standard InChI is InChI=1S/C21H28ClFN4O/c1-14(2)20-19(22)21(15(3)4)27(24-20)13-18(28)26-11-9-25(10-12-26)17-7-5-16(23)6-8-17/h5-8,14-15H,9-13H2,1-4H3. The molecule has 1 aliphatic heterocycles. The van der Waals surface area contributed by atoms with E-state index in [-0.39, 0.29) is 30.1 Å². The van der Waals surface area contributed by atoms with Gasteiger partial charge in [-0.3, -0.25) is 9.48 Å². The third-order valence-electron chi connectivity index (χ3n) is 5.16. The third-order valence-corrected chi connectivity index (χ3v) is 5.55. The zero-order chi connectivity index (χ0) is 20.4. The Labute approximate surface area is 171 Å². The number of amides is 1. The van der Waals surface area contributed by atoms with Crippen molar-refractivity contribution in [3.8, 4) is 0 Å². The van der Waals surface area contributed by atoms with Gasteiger partial charge in [0.25, 0.3) is 0 Å². The lowest BCUT2D eigenvalue weighted by atomic mass is 10.1. The number of rotatable bonds is 5. The molecule has 1 aliphatic rings. The van der Waals surface area contributed by atoms with Gasteiger partial charge < -0.3 is 9.80 Å². The SMILES string of the molecule is CC(C)c1nn(CC(=O)N2CCN(c3ccc(F)cc3)CC2)c(C(C)C)c1Cl. The first-order valence-electron chi connectivity index (χ1n) is 9.82. The van der Waals surface area contributed by atoms with Gasteiger partial charge in [-0.1, -0.05) is 39.3 Å². The molecular weight excluding hydrogens is 379 g/mol. The number of hydrogen-bond acceptors (Lipinski definition) is 3. The molecule has 0 saturated carbocycles. The molecule has 0 bridgehead atoms. The zero-order valence-electron chi connectivity index (χ0n) is 17.0. The minimum absolute atomic E-state index is 0.0510. The van der Waals surface area contributed by atoms with Crippen LogP contribution in [0.2, 0.25) is 5.02 Å². The molecule has 1 amide bonds. The Kier molecular flexibility index (Phi) is 6.28. The average Bonchev–Trinajstić information content (AvgIpc) is 2.99. The van der Waals surface area contributed by atoms with Crippen LogP contribution in [-0.2, 0) is 11.3 Å². The van der Waals surface area contributed by atoms with E-state index < -0.39 is 0 Å². The van der Waals surface area contributed by atoms with Gasteiger partial charge in [-0.05, 0) is 36.1 Å². The zero-order valence-corrected chi connectivity index (χ0v) is 17.7. The Morgan fingerprint density at radius 2 is 1.68 bits per heavy atom. The summed E-state index contributed by atoms with van der Waals surface area (Å²) in [5.41, 5.74) is 2.75. The van der Waals surface area contributed by atoms with Crippen LogP contribution < -0.4 is 4.90 Å². The molecule has 0 radical (unpaired) electrons. The van der Waals surface area contributed by atoms with Crippen LogP contribution in [0.15, 0.2) is 24.3 Å². The van der Waals surface area contributed by atoms with Crippen molar-refractivity contribution in [2.45, 2.75) is 46.1 Å². The summed E-state index contributed by atoms with van der Waals surface area (Å²) in [5.74, 6) is 0.212. The summed E-state index contributed by atoms with van der Waals surface area (Å²) in [6.07, 6.45) is 0. The van der Waals surface area contributed by atoms with Crippen molar-refractivity contribution in [1.29, 1.82) is 0 Å². The third kappa shape index (κ3) is 4.32. The summed E-state index contributed by atoms with van der Waals surface area (Å²) in [5, 5.41) is 5.31. The minimum atomic E-state index is -0.239. The van der Waals surface area contributed by atoms with E-state index in [1.807, 2.05) is 4.90 Å². The van der Waals surface area contributed by atoms with E-state index in [1.54, 1.807) is 16.8 Å². The van der Waals surface area contributed by atoms with Crippen molar-refractivity contribution in [2.24, 2.45) is 0 Å². The molecule has 1 fully saturated rings. The van der Waals surface area contributed by atoms with Crippen LogP contribution in [-0.4, -0.2) is 46.8 Å². The largest absolute Gasteiger partial charge is 0.368 e. The fourth-order valence-corrected chi connectivity index (χ4v) is 4.18. The molecule has 1 saturated heterocycles. The number of nitrogens with zero attached hydrogens (tertiary/aromatic N) is 4. The lowest BCUT2D eigenvalue weighted by Crippen LogP contribution is -2.49. The highest BCUT2D eigenvalue weighted by molar-refractivity contribution is 6.32. The second kappa shape index (κ2) is 8.52. The Morgan fingerprint density at radius 3 is 2.21 bits per heavy atom. The van der Waals surface area contributed by atoms with Crippen LogP contribution in [0.1, 0.15) is 50.9 Å². The molecule has 0 aliphatic carbocycles. The number of carbonyl (C=O) groups is 1. The summed E-state index contributed by atoms with van der Waals surface area (Å²) in [4.78, 5) is 16.9. The van der Waals surface area contributed by atoms with Gasteiger partial charge in [-0.25, -0.2) is 4.39 Å². The van der Waals surface area contributed by atoms with E-state index in [9.17, 15) is 9.18 Å². The van der Waals surface area contributed by atoms with Crippen LogP contribution in [0.25, 0.3) is 0 Å². The fraction of sp³-hybridized carbons (Fsp3) is 0.524. The van der Waals surface area contributed by atoms with Gasteiger partial charge in [0.1, 0.15) is 12.4 Å². The summed E-state index contributed by atoms with van der Waals surface area (Å²) in [7, 11) is 0. The van der Waals surface area contributed by atoms with Gasteiger partial charge in [0, 0.05) is 31.9 Å². The molecule has 2 aromatic rings. The second-order valence-electron chi connectivity index (χ2n) is 7.90. The molecule has 1 aromatic heterocycles. The molecule has 0 spiro atoms. The topological polar surface area (TPSA) is 41.4 Å². The van der Waals surface area contributed by atoms with Crippen LogP contribution in [0.3, 0.4) is 0 Å². The van der Waals surface area contributed by atoms with E-state index >= 15 is 0 Å². The molecule has 3 rings (SSSR count). The predicted octanol–water partition coefficient (Wildman–Crippen LogP) is 4.27. The minimum Gasteiger partial charge on any atom is -0.368 e. The summed E-state index contributed by atoms with van der Waals surface area (Å²) in [6.45, 7) is 11.2. The smallest absolute Gasteiger partial charge is 0.244 e. The quantitative estimate of drug-likeness (QED) is 0.744. The average molecular weight is 407 g/mol. The maximum absolute atomic E-state index is 13.1. The van der Waals surface area contributed by atoms with Gasteiger partial charge in [0.15, 0.2) is 0 Å². The summed E-state index contributed by atoms with van der Waals surface area (Å²) >= 11 is 6.55. The first-order chi connectivity index (χ1) is 13.3. The molecule has 0 unspecified atom stereocenters. The van der Waals surface area contributed by atoms with E-state index in [0.717, 1.165) is 30.2 Å². The lowest BCUT2D eigenvalue weighted by molar-refractivity contribution is -0.132. The van der Waals surface area contributed by atoms with E-state index in [0.29, 0.717) is 18.1 Å². The van der Waals surface area contributed by atoms with E-state index in [2.05, 4.69) is 37.7 Å². The van der Waals surface area contributed by atoms with Crippen molar-refractivity contribution in [2.75, 3.05) is 31.1 Å². The number of benzene rings is 1. The first-order valence-corrected chi connectivity index (χ1v) is 10.2. The Morgan fingerprint density at radius 1 is 1.07 bits per heavy atom. The molecule has 0 atom stereocenters. The number of piperazine rings is 1. The molecule has 5 nitrogen and oxygen atoms in total. The Bertz CT molecular complexity index is 824. The highest BCUT2D eigenvalue weighted by Gasteiger charge is 2.25. The molecule has 152 valence electrons. The van der Waals surface area contributed by atoms with Gasteiger partial charge in [-0.2, -0.15) is 5.10 Å². The second-order valence-corrected chi connectivity index (χ2v) is 8.27. The molecule has 2 heterocycles. The van der Waals surface area contributed by atoms with Crippen molar-refractivity contribution < 1.29 is 9.18 Å². The normalized spacial score (nSPS) is 15.0. The lowest BCUT2D eigenvalue weighted by Gasteiger charge is -2.36. The molecule has 1 aromatic carbocycles. The van der Waals surface area contributed by atoms with Crippen molar-refractivity contribution >= 4 is 23.2 Å². The number of aromatic nitrogens is 2. The highest BCUT2D eigenvalue weighted by atomic mass is 35.5. The van der Waals surface area contributed by atoms with Crippen LogP contribution in [0.5, 0.6) is 0 Å². The number of anilines is 1. The van der Waals surface area contributed by atoms with E-state index in [4.69, 9.17) is 11.6 Å². The first kappa shape index (κ1) is 20.6. The van der Waals surface area contributed by atoms with Gasteiger partial charge in [0.05, 0.1) is 16.4 Å². The van der Waals surface area contributed by atoms with Gasteiger partial charge in [0.2, 0.25) is 5.91 Å². The maximum atomic E-state index is 13.1. The van der Waals surface area contributed by atoms with Crippen LogP contribution in [0.4, 0.5) is 10.1 Å². The number of halogens is 2. The van der Waals surface area contributed by atoms with Gasteiger partial charge >= 0.3 is 0 Å². The molecule has 0 N–H and O–H groups in total. The predicted molar refractivity (Wildman–Crippen MR) is 111 cm³/mol. The fourth-order valence-electron chi connectivity index (χ4n) is 3.61. The number of hydrogen-bond donors (Lipinski definition) is 0. The molecular formula is C21H28ClFN4O. The summed E-state index contributed by atoms with van der Waals surface area (Å²) < 4.78 is 14.9. The van der Waals surface area contributed by atoms with Gasteiger partial charge in [-0.15, -0.1) is 0 Å². The van der Waals surface area contributed by atoms with Crippen LogP contribution >= 0.6 is 11.6 Å². The van der Waals surface area contributed by atoms with Crippen molar-refractivity contribution in [1.82, 2.24) is 14.7 Å². The Balaban J connectivity index is 1.66. The number of carbonyl (C=O) groups excluding carboxylic acids is 1. The van der Waals surface area contributed by atoms with Crippen LogP contribution in [0, 0.1) is 5.82 Å². The monoisotopic (exact) mass is 406 g/mol. The maximum Gasteiger partial charge on any atom is 0.244 e. The van der Waals surface area contributed by atoms with Crippen molar-refractivity contribution in [3.05, 3.63) is 46.5 Å².